The molecule has 62 valence electrons. The Labute approximate surface area is 79.6 Å². The van der Waals surface area contributed by atoms with Gasteiger partial charge in [0.25, 0.3) is 0 Å². The average molecular weight is 239 g/mol. The van der Waals surface area contributed by atoms with Gasteiger partial charge in [0.1, 0.15) is 0 Å². The fourth-order valence-corrected chi connectivity index (χ4v) is 1.20. The van der Waals surface area contributed by atoms with E-state index in [0.29, 0.717) is 19.3 Å². The van der Waals surface area contributed by atoms with Gasteiger partial charge >= 0.3 is 0 Å². The van der Waals surface area contributed by atoms with Crippen LogP contribution in [-0.4, -0.2) is 11.3 Å². The fourth-order valence-electron chi connectivity index (χ4n) is 0.587. The number of carbonyl (C=O) groups is 1. The van der Waals surface area contributed by atoms with Crippen LogP contribution in [0, 0.1) is 10.8 Å². The number of nitrogens with two attached hydrogens (primary N) is 1. The maximum absolute atomic E-state index is 10.3. The zero-order valence-corrected chi connectivity index (χ0v) is 8.28. The molecule has 0 aliphatic heterocycles. The van der Waals surface area contributed by atoms with E-state index in [0.717, 1.165) is 0 Å². The highest BCUT2D eigenvalue weighted by molar-refractivity contribution is 9.12. The Morgan fingerprint density at radius 2 is 2.36 bits per heavy atom. The second-order valence-corrected chi connectivity index (χ2v) is 2.99. The van der Waals surface area contributed by atoms with Crippen molar-refractivity contribution in [2.75, 3.05) is 0 Å². The van der Waals surface area contributed by atoms with E-state index < -0.39 is 0 Å². The summed E-state index contributed by atoms with van der Waals surface area (Å²) in [7, 11) is 0. The molecule has 0 fully saturated rings. The summed E-state index contributed by atoms with van der Waals surface area (Å²) in [6.45, 7) is 0. The minimum Gasteiger partial charge on any atom is -0.370 e. The Morgan fingerprint density at radius 3 is 2.82 bits per heavy atom. The highest BCUT2D eigenvalue weighted by atomic mass is 79.9. The van der Waals surface area contributed by atoms with Gasteiger partial charge < -0.3 is 5.73 Å². The first-order valence-corrected chi connectivity index (χ1v) is 4.43. The van der Waals surface area contributed by atoms with Crippen LogP contribution in [0.5, 0.6) is 0 Å². The topological polar surface area (TPSA) is 43.1 Å². The first kappa shape index (κ1) is 10.8. The summed E-state index contributed by atoms with van der Waals surface area (Å²) >= 11 is 8.64. The van der Waals surface area contributed by atoms with Gasteiger partial charge in [-0.3, -0.25) is 4.79 Å². The molecule has 4 heteroatoms. The summed E-state index contributed by atoms with van der Waals surface area (Å²) in [5.41, 5.74) is 4.93. The van der Waals surface area contributed by atoms with E-state index in [1.165, 1.54) is 0 Å². The zero-order chi connectivity index (χ0) is 8.69. The van der Waals surface area contributed by atoms with Crippen molar-refractivity contribution in [3.63, 3.8) is 0 Å². The first-order chi connectivity index (χ1) is 5.16. The molecule has 0 rings (SSSR count). The van der Waals surface area contributed by atoms with E-state index in [2.05, 4.69) is 26.7 Å². The molecule has 11 heavy (non-hydrogen) atoms. The lowest BCUT2D eigenvalue weighted by Gasteiger charge is -1.98. The third-order valence-electron chi connectivity index (χ3n) is 1.09. The molecule has 0 aliphatic carbocycles. The molecular formula is C7H9BrClNO. The highest BCUT2D eigenvalue weighted by Gasteiger charge is 2.00. The lowest BCUT2D eigenvalue weighted by atomic mass is 10.2. The van der Waals surface area contributed by atoms with Gasteiger partial charge in [0.2, 0.25) is 5.91 Å². The van der Waals surface area contributed by atoms with Crippen molar-refractivity contribution >= 4 is 33.4 Å². The van der Waals surface area contributed by atoms with Crippen molar-refractivity contribution in [2.45, 2.75) is 24.6 Å². The summed E-state index contributed by atoms with van der Waals surface area (Å²) in [6.07, 6.45) is 1.78. The number of primary amides is 1. The first-order valence-electron chi connectivity index (χ1n) is 3.20. The van der Waals surface area contributed by atoms with Gasteiger partial charge in [-0.15, -0.1) is 11.6 Å². The van der Waals surface area contributed by atoms with Crippen LogP contribution in [0.4, 0.5) is 0 Å². The third kappa shape index (κ3) is 7.70. The predicted molar refractivity (Wildman–Crippen MR) is 49.4 cm³/mol. The summed E-state index contributed by atoms with van der Waals surface area (Å²) in [4.78, 5) is 12.8. The van der Waals surface area contributed by atoms with Crippen molar-refractivity contribution in [2.24, 2.45) is 5.73 Å². The van der Waals surface area contributed by atoms with Crippen LogP contribution in [0.15, 0.2) is 0 Å². The zero-order valence-electron chi connectivity index (χ0n) is 5.94. The average Bonchev–Trinajstić information content (AvgIpc) is 1.87. The number of rotatable bonds is 4. The van der Waals surface area contributed by atoms with E-state index >= 15 is 0 Å². The Kier molecular flexibility index (Phi) is 6.39. The Bertz CT molecular complexity index is 185. The molecule has 0 bridgehead atoms. The second-order valence-electron chi connectivity index (χ2n) is 2.06. The lowest BCUT2D eigenvalue weighted by molar-refractivity contribution is -0.118. The van der Waals surface area contributed by atoms with Crippen LogP contribution < -0.4 is 5.73 Å². The fraction of sp³-hybridized carbons (Fsp3) is 0.571. The number of alkyl halides is 1. The number of hydrogen-bond donors (Lipinski definition) is 1. The van der Waals surface area contributed by atoms with E-state index in [1.807, 2.05) is 0 Å². The van der Waals surface area contributed by atoms with Gasteiger partial charge in [-0.2, -0.15) is 0 Å². The van der Waals surface area contributed by atoms with E-state index in [1.54, 1.807) is 0 Å². The van der Waals surface area contributed by atoms with Crippen LogP contribution in [0.2, 0.25) is 0 Å². The standard InChI is InChI=1S/C7H9BrClNO/c8-5-4-6(9)2-1-3-7(10)11/h6H,1-3H2,(H2,10,11). The summed E-state index contributed by atoms with van der Waals surface area (Å²) < 4.78 is 0. The monoisotopic (exact) mass is 237 g/mol. The minimum atomic E-state index is -0.291. The van der Waals surface area contributed by atoms with E-state index in [9.17, 15) is 4.79 Å². The minimum absolute atomic E-state index is 0.186. The SMILES string of the molecule is NC(=O)CCCC(Cl)C#CBr. The van der Waals surface area contributed by atoms with Crippen LogP contribution >= 0.6 is 27.5 Å². The molecule has 0 saturated heterocycles. The molecule has 2 N–H and O–H groups in total. The maximum Gasteiger partial charge on any atom is 0.217 e. The lowest BCUT2D eigenvalue weighted by Crippen LogP contribution is -2.10. The molecule has 1 amide bonds. The van der Waals surface area contributed by atoms with Crippen LogP contribution in [0.3, 0.4) is 0 Å². The van der Waals surface area contributed by atoms with Crippen molar-refractivity contribution in [3.05, 3.63) is 0 Å². The molecule has 2 nitrogen and oxygen atoms in total. The predicted octanol–water partition coefficient (Wildman–Crippen LogP) is 1.61. The van der Waals surface area contributed by atoms with Crippen molar-refractivity contribution < 1.29 is 4.79 Å². The second kappa shape index (κ2) is 6.51. The van der Waals surface area contributed by atoms with Crippen LogP contribution in [0.25, 0.3) is 0 Å². The maximum atomic E-state index is 10.3. The molecule has 0 aliphatic rings. The molecule has 0 saturated carbocycles. The van der Waals surface area contributed by atoms with E-state index in [-0.39, 0.29) is 11.3 Å². The third-order valence-corrected chi connectivity index (χ3v) is 1.65. The smallest absolute Gasteiger partial charge is 0.217 e. The molecule has 1 atom stereocenters. The van der Waals surface area contributed by atoms with Gasteiger partial charge in [-0.25, -0.2) is 0 Å². The molecule has 0 aromatic heterocycles. The molecular weight excluding hydrogens is 229 g/mol. The van der Waals surface area contributed by atoms with Gasteiger partial charge in [-0.1, -0.05) is 5.92 Å². The molecule has 1 unspecified atom stereocenters. The number of carbonyl (C=O) groups excluding carboxylic acids is 1. The van der Waals surface area contributed by atoms with Gasteiger partial charge in [0.15, 0.2) is 0 Å². The van der Waals surface area contributed by atoms with Crippen LogP contribution in [-0.2, 0) is 4.79 Å². The summed E-state index contributed by atoms with van der Waals surface area (Å²) in [5, 5.41) is -0.186. The largest absolute Gasteiger partial charge is 0.370 e. The Balaban J connectivity index is 3.36. The Hall–Kier alpha value is -0.200. The molecule has 0 radical (unpaired) electrons. The normalized spacial score (nSPS) is 11.5. The van der Waals surface area contributed by atoms with Gasteiger partial charge in [0.05, 0.1) is 5.38 Å². The Morgan fingerprint density at radius 1 is 1.73 bits per heavy atom. The molecule has 0 heterocycles. The van der Waals surface area contributed by atoms with Crippen LogP contribution in [0.1, 0.15) is 19.3 Å². The summed E-state index contributed by atoms with van der Waals surface area (Å²) in [6, 6.07) is 0. The van der Waals surface area contributed by atoms with Crippen molar-refractivity contribution in [1.29, 1.82) is 0 Å². The van der Waals surface area contributed by atoms with Crippen molar-refractivity contribution in [1.82, 2.24) is 0 Å². The van der Waals surface area contributed by atoms with Gasteiger partial charge in [-0.05, 0) is 17.7 Å². The molecule has 0 aromatic carbocycles. The number of hydrogen-bond acceptors (Lipinski definition) is 1. The summed E-state index contributed by atoms with van der Waals surface area (Å²) in [5.74, 6) is 2.41. The number of amides is 1. The molecule has 0 spiro atoms. The molecule has 0 aromatic rings. The van der Waals surface area contributed by atoms with Crippen molar-refractivity contribution in [3.8, 4) is 10.8 Å². The highest BCUT2D eigenvalue weighted by Crippen LogP contribution is 2.06. The van der Waals surface area contributed by atoms with E-state index in [4.69, 9.17) is 17.3 Å². The number of halogens is 2. The quantitative estimate of drug-likeness (QED) is 0.587. The van der Waals surface area contributed by atoms with Gasteiger partial charge in [0, 0.05) is 22.4 Å².